The molecule has 1 N–H and O–H groups in total. The molecular weight excluding hydrogens is 476 g/mol. The van der Waals surface area contributed by atoms with Gasteiger partial charge in [-0.15, -0.1) is 0 Å². The molecule has 2 heterocycles. The molecule has 2 amide bonds. The summed E-state index contributed by atoms with van der Waals surface area (Å²) in [5.41, 5.74) is 2.32. The minimum atomic E-state index is -1.73. The van der Waals surface area contributed by atoms with E-state index in [2.05, 4.69) is 11.9 Å². The lowest BCUT2D eigenvalue weighted by atomic mass is 10.0. The maximum Gasteiger partial charge on any atom is 0.335 e. The number of nitrogens with zero attached hydrogens (tertiary/aromatic N) is 1. The van der Waals surface area contributed by atoms with Crippen molar-refractivity contribution in [3.63, 3.8) is 0 Å². The van der Waals surface area contributed by atoms with Gasteiger partial charge in [-0.1, -0.05) is 97.6 Å². The van der Waals surface area contributed by atoms with Crippen LogP contribution in [0.15, 0.2) is 102 Å². The number of fused-ring (bicyclic) bond motifs is 1. The van der Waals surface area contributed by atoms with Crippen LogP contribution in [0, 0.1) is 0 Å². The molecule has 0 spiro atoms. The number of amides is 2. The fraction of sp³-hybridized carbons (Fsp3) is 0.179. The highest BCUT2D eigenvalue weighted by atomic mass is 32.2. The lowest BCUT2D eigenvalue weighted by Gasteiger charge is -2.43. The summed E-state index contributed by atoms with van der Waals surface area (Å²) >= 11 is 0. The zero-order valence-corrected chi connectivity index (χ0v) is 20.1. The van der Waals surface area contributed by atoms with Crippen molar-refractivity contribution in [2.45, 2.75) is 30.0 Å². The van der Waals surface area contributed by atoms with Crippen molar-refractivity contribution in [3.8, 4) is 0 Å². The molecule has 0 bridgehead atoms. The van der Waals surface area contributed by atoms with Crippen molar-refractivity contribution < 1.29 is 23.3 Å². The molecule has 8 heteroatoms. The van der Waals surface area contributed by atoms with Gasteiger partial charge in [0.15, 0.2) is 12.1 Å². The highest BCUT2D eigenvalue weighted by Gasteiger charge is 2.63. The molecule has 0 aromatic heterocycles. The first-order valence-electron chi connectivity index (χ1n) is 11.5. The third kappa shape index (κ3) is 4.35. The van der Waals surface area contributed by atoms with Crippen LogP contribution in [0.25, 0.3) is 0 Å². The van der Waals surface area contributed by atoms with Gasteiger partial charge in [-0.05, 0) is 16.7 Å². The molecule has 0 saturated carbocycles. The summed E-state index contributed by atoms with van der Waals surface area (Å²) < 4.78 is 19.0. The van der Waals surface area contributed by atoms with Gasteiger partial charge >= 0.3 is 5.97 Å². The SMILES string of the molecule is C=C1C(C(=O)OC(c2ccccc2)c2ccccc2)N2C(=O)C(NC(=O)Cc3ccccc3)C2S1=O. The van der Waals surface area contributed by atoms with E-state index < -0.39 is 46.2 Å². The zero-order chi connectivity index (χ0) is 25.2. The summed E-state index contributed by atoms with van der Waals surface area (Å²) in [4.78, 5) is 40.2. The van der Waals surface area contributed by atoms with E-state index >= 15 is 0 Å². The molecular formula is C28H24N2O5S. The second kappa shape index (κ2) is 9.91. The number of nitrogens with one attached hydrogen (secondary N) is 1. The smallest absolute Gasteiger partial charge is 0.335 e. The number of benzene rings is 3. The Balaban J connectivity index is 1.32. The fourth-order valence-electron chi connectivity index (χ4n) is 4.56. The van der Waals surface area contributed by atoms with E-state index in [9.17, 15) is 18.6 Å². The van der Waals surface area contributed by atoms with Crippen LogP contribution >= 0.6 is 0 Å². The van der Waals surface area contributed by atoms with Gasteiger partial charge in [0.1, 0.15) is 11.4 Å². The number of β-lactam (4-membered cyclic amide) rings is 1. The highest BCUT2D eigenvalue weighted by molar-refractivity contribution is 7.90. The molecule has 7 nitrogen and oxygen atoms in total. The van der Waals surface area contributed by atoms with Crippen LogP contribution in [0.2, 0.25) is 0 Å². The highest BCUT2D eigenvalue weighted by Crippen LogP contribution is 2.40. The molecule has 182 valence electrons. The van der Waals surface area contributed by atoms with E-state index in [1.165, 1.54) is 4.90 Å². The number of carbonyl (C=O) groups excluding carboxylic acids is 3. The summed E-state index contributed by atoms with van der Waals surface area (Å²) in [6.45, 7) is 3.84. The molecule has 3 aromatic rings. The van der Waals surface area contributed by atoms with E-state index in [0.717, 1.165) is 16.7 Å². The van der Waals surface area contributed by atoms with Crippen LogP contribution < -0.4 is 5.32 Å². The zero-order valence-electron chi connectivity index (χ0n) is 19.3. The number of carbonyl (C=O) groups is 3. The monoisotopic (exact) mass is 500 g/mol. The predicted octanol–water partition coefficient (Wildman–Crippen LogP) is 2.86. The van der Waals surface area contributed by atoms with E-state index in [4.69, 9.17) is 4.74 Å². The second-order valence-electron chi connectivity index (χ2n) is 8.65. The molecule has 5 rings (SSSR count). The van der Waals surface area contributed by atoms with Crippen molar-refractivity contribution in [3.05, 3.63) is 119 Å². The lowest BCUT2D eigenvalue weighted by molar-refractivity contribution is -0.163. The average Bonchev–Trinajstić information content (AvgIpc) is 3.14. The topological polar surface area (TPSA) is 92.8 Å². The molecule has 2 aliphatic heterocycles. The number of esters is 1. The maximum absolute atomic E-state index is 13.4. The van der Waals surface area contributed by atoms with Crippen LogP contribution in [0.3, 0.4) is 0 Å². The van der Waals surface area contributed by atoms with Crippen LogP contribution in [0.4, 0.5) is 0 Å². The van der Waals surface area contributed by atoms with E-state index in [1.807, 2.05) is 91.0 Å². The van der Waals surface area contributed by atoms with Crippen LogP contribution in [0.1, 0.15) is 22.8 Å². The molecule has 2 saturated heterocycles. The van der Waals surface area contributed by atoms with Crippen molar-refractivity contribution in [1.82, 2.24) is 10.2 Å². The van der Waals surface area contributed by atoms with E-state index in [1.54, 1.807) is 0 Å². The van der Waals surface area contributed by atoms with Gasteiger partial charge in [-0.2, -0.15) is 0 Å². The summed E-state index contributed by atoms with van der Waals surface area (Å²) in [5, 5.41) is 1.82. The first kappa shape index (κ1) is 23.7. The molecule has 0 aliphatic carbocycles. The minimum absolute atomic E-state index is 0.0895. The maximum atomic E-state index is 13.4. The Labute approximate surface area is 211 Å². The fourth-order valence-corrected chi connectivity index (χ4v) is 6.16. The van der Waals surface area contributed by atoms with Gasteiger partial charge in [0.25, 0.3) is 0 Å². The molecule has 0 radical (unpaired) electrons. The third-order valence-corrected chi connectivity index (χ3v) is 8.00. The Morgan fingerprint density at radius 1 is 0.917 bits per heavy atom. The van der Waals surface area contributed by atoms with Gasteiger partial charge in [0.2, 0.25) is 11.8 Å². The first-order chi connectivity index (χ1) is 17.5. The third-order valence-electron chi connectivity index (χ3n) is 6.33. The number of ether oxygens (including phenoxy) is 1. The Bertz CT molecular complexity index is 1290. The van der Waals surface area contributed by atoms with Gasteiger partial charge in [-0.25, -0.2) is 4.79 Å². The van der Waals surface area contributed by atoms with Gasteiger partial charge in [-0.3, -0.25) is 13.8 Å². The minimum Gasteiger partial charge on any atom is -0.451 e. The van der Waals surface area contributed by atoms with Gasteiger partial charge < -0.3 is 15.0 Å². The molecule has 36 heavy (non-hydrogen) atoms. The quantitative estimate of drug-likeness (QED) is 0.398. The number of hydrogen-bond acceptors (Lipinski definition) is 5. The Kier molecular flexibility index (Phi) is 6.52. The standard InChI is InChI=1S/C28H24N2O5S/c1-18-24(28(33)35-25(20-13-7-3-8-14-20)21-15-9-4-10-16-21)30-26(32)23(27(30)36(18)34)29-22(31)17-19-11-5-2-6-12-19/h2-16,23-25,27H,1,17H2,(H,29,31). The Morgan fingerprint density at radius 3 is 2.00 bits per heavy atom. The lowest BCUT2D eigenvalue weighted by Crippen LogP contribution is -2.71. The van der Waals surface area contributed by atoms with Crippen molar-refractivity contribution in [2.75, 3.05) is 0 Å². The summed E-state index contributed by atoms with van der Waals surface area (Å²) in [6.07, 6.45) is -0.621. The normalized spacial score (nSPS) is 22.6. The molecule has 2 fully saturated rings. The molecule has 2 aliphatic rings. The molecule has 3 aromatic carbocycles. The molecule has 4 unspecified atom stereocenters. The van der Waals surface area contributed by atoms with E-state index in [0.29, 0.717) is 0 Å². The largest absolute Gasteiger partial charge is 0.451 e. The van der Waals surface area contributed by atoms with Crippen LogP contribution in [0.5, 0.6) is 0 Å². The van der Waals surface area contributed by atoms with Crippen LogP contribution in [-0.2, 0) is 36.3 Å². The van der Waals surface area contributed by atoms with Gasteiger partial charge in [0.05, 0.1) is 17.2 Å². The Morgan fingerprint density at radius 2 is 1.44 bits per heavy atom. The number of hydrogen-bond donors (Lipinski definition) is 1. The van der Waals surface area contributed by atoms with Crippen molar-refractivity contribution in [2.24, 2.45) is 0 Å². The average molecular weight is 501 g/mol. The summed E-state index contributed by atoms with van der Waals surface area (Å²) in [6, 6.07) is 25.5. The Hall–Kier alpha value is -4.04. The van der Waals surface area contributed by atoms with E-state index in [-0.39, 0.29) is 17.2 Å². The summed E-state index contributed by atoms with van der Waals surface area (Å²) in [5.74, 6) is -1.55. The van der Waals surface area contributed by atoms with Crippen molar-refractivity contribution >= 4 is 28.6 Å². The van der Waals surface area contributed by atoms with Gasteiger partial charge in [0, 0.05) is 4.91 Å². The van der Waals surface area contributed by atoms with Crippen LogP contribution in [-0.4, -0.2) is 44.4 Å². The molecule has 4 atom stereocenters. The number of rotatable bonds is 7. The summed E-state index contributed by atoms with van der Waals surface area (Å²) in [7, 11) is -1.73. The second-order valence-corrected chi connectivity index (χ2v) is 10.3. The van der Waals surface area contributed by atoms with Crippen molar-refractivity contribution in [1.29, 1.82) is 0 Å². The first-order valence-corrected chi connectivity index (χ1v) is 12.7. The predicted molar refractivity (Wildman–Crippen MR) is 135 cm³/mol.